The molecule has 1 atom stereocenters. The van der Waals surface area contributed by atoms with Gasteiger partial charge in [0.15, 0.2) is 0 Å². The minimum absolute atomic E-state index is 0.0548. The molecule has 0 N–H and O–H groups in total. The molecule has 0 aromatic rings. The molecule has 0 fully saturated rings. The summed E-state index contributed by atoms with van der Waals surface area (Å²) >= 11 is 6.11. The lowest BCUT2D eigenvalue weighted by Gasteiger charge is -2.31. The topological polar surface area (TPSA) is 9.23 Å². The van der Waals surface area contributed by atoms with E-state index < -0.39 is 0 Å². The Kier molecular flexibility index (Phi) is 6.20. The van der Waals surface area contributed by atoms with Crippen molar-refractivity contribution in [2.45, 2.75) is 71.3 Å². The Morgan fingerprint density at radius 2 is 1.73 bits per heavy atom. The van der Waals surface area contributed by atoms with Gasteiger partial charge in [0.25, 0.3) is 0 Å². The molecule has 0 aromatic carbocycles. The fourth-order valence-electron chi connectivity index (χ4n) is 1.86. The van der Waals surface area contributed by atoms with Gasteiger partial charge in [-0.2, -0.15) is 0 Å². The third kappa shape index (κ3) is 9.19. The molecule has 0 heterocycles. The summed E-state index contributed by atoms with van der Waals surface area (Å²) in [5, 5.41) is 0. The van der Waals surface area contributed by atoms with Gasteiger partial charge in [-0.25, -0.2) is 0 Å². The Morgan fingerprint density at radius 1 is 1.20 bits per heavy atom. The maximum absolute atomic E-state index is 6.11. The Bertz CT molecular complexity index is 170. The smallest absolute Gasteiger partial charge is 0.0660 e. The van der Waals surface area contributed by atoms with Gasteiger partial charge in [-0.05, 0) is 40.0 Å². The summed E-state index contributed by atoms with van der Waals surface area (Å²) in [5.41, 5.74) is -0.0548. The van der Waals surface area contributed by atoms with Crippen LogP contribution in [0.3, 0.4) is 0 Å². The van der Waals surface area contributed by atoms with Gasteiger partial charge in [0.05, 0.1) is 17.1 Å². The Hall–Kier alpha value is 0.250. The van der Waals surface area contributed by atoms with Crippen LogP contribution >= 0.6 is 11.6 Å². The monoisotopic (exact) mass is 234 g/mol. The van der Waals surface area contributed by atoms with Crippen molar-refractivity contribution in [1.82, 2.24) is 0 Å². The van der Waals surface area contributed by atoms with Crippen molar-refractivity contribution in [3.05, 3.63) is 0 Å². The van der Waals surface area contributed by atoms with Crippen LogP contribution in [-0.2, 0) is 4.74 Å². The maximum Gasteiger partial charge on any atom is 0.0660 e. The molecule has 2 heteroatoms. The fraction of sp³-hybridized carbons (Fsp3) is 1.00. The van der Waals surface area contributed by atoms with E-state index in [4.69, 9.17) is 16.3 Å². The molecule has 92 valence electrons. The highest BCUT2D eigenvalue weighted by Gasteiger charge is 2.24. The lowest BCUT2D eigenvalue weighted by atomic mass is 9.91. The van der Waals surface area contributed by atoms with Crippen LogP contribution in [0.25, 0.3) is 0 Å². The predicted octanol–water partition coefficient (Wildman–Crippen LogP) is 4.63. The van der Waals surface area contributed by atoms with E-state index in [9.17, 15) is 0 Å². The summed E-state index contributed by atoms with van der Waals surface area (Å²) < 4.78 is 5.88. The molecule has 0 radical (unpaired) electrons. The van der Waals surface area contributed by atoms with Crippen LogP contribution in [0.2, 0.25) is 0 Å². The Balaban J connectivity index is 3.96. The molecule has 0 rings (SSSR count). The Labute approximate surface area is 101 Å². The fourth-order valence-corrected chi connectivity index (χ4v) is 1.91. The number of alkyl halides is 1. The second-order valence-corrected chi connectivity index (χ2v) is 6.89. The minimum atomic E-state index is -0.259. The van der Waals surface area contributed by atoms with Crippen molar-refractivity contribution in [3.63, 3.8) is 0 Å². The number of halogens is 1. The normalized spacial score (nSPS) is 15.4. The van der Waals surface area contributed by atoms with Crippen LogP contribution < -0.4 is 0 Å². The predicted molar refractivity (Wildman–Crippen MR) is 68.7 cm³/mol. The van der Waals surface area contributed by atoms with Crippen molar-refractivity contribution in [1.29, 1.82) is 0 Å². The van der Waals surface area contributed by atoms with Crippen molar-refractivity contribution >= 4 is 11.6 Å². The summed E-state index contributed by atoms with van der Waals surface area (Å²) in [5.74, 6) is 0.725. The highest BCUT2D eigenvalue weighted by atomic mass is 35.5. The number of hydrogen-bond acceptors (Lipinski definition) is 1. The molecule has 0 bridgehead atoms. The average Bonchev–Trinajstić information content (AvgIpc) is 1.99. The Morgan fingerprint density at radius 3 is 2.13 bits per heavy atom. The zero-order valence-electron chi connectivity index (χ0n) is 11.2. The van der Waals surface area contributed by atoms with E-state index in [0.717, 1.165) is 12.3 Å². The van der Waals surface area contributed by atoms with E-state index in [1.54, 1.807) is 0 Å². The van der Waals surface area contributed by atoms with Gasteiger partial charge < -0.3 is 4.74 Å². The SMILES string of the molecule is CCCC(C)CC(C)(C)OCC(C)(C)Cl. The van der Waals surface area contributed by atoms with E-state index in [2.05, 4.69) is 27.7 Å². The van der Waals surface area contributed by atoms with Crippen LogP contribution in [0.1, 0.15) is 60.8 Å². The average molecular weight is 235 g/mol. The summed E-state index contributed by atoms with van der Waals surface area (Å²) in [6, 6.07) is 0. The van der Waals surface area contributed by atoms with Gasteiger partial charge in [0.2, 0.25) is 0 Å². The number of ether oxygens (including phenoxy) is 1. The van der Waals surface area contributed by atoms with Crippen LogP contribution in [0.4, 0.5) is 0 Å². The first-order valence-electron chi connectivity index (χ1n) is 5.99. The largest absolute Gasteiger partial charge is 0.374 e. The van der Waals surface area contributed by atoms with E-state index in [0.29, 0.717) is 6.61 Å². The van der Waals surface area contributed by atoms with Crippen LogP contribution in [-0.4, -0.2) is 17.1 Å². The molecule has 0 aliphatic rings. The van der Waals surface area contributed by atoms with Crippen molar-refractivity contribution in [2.75, 3.05) is 6.61 Å². The molecular formula is C13H27ClO. The molecule has 0 aliphatic heterocycles. The minimum Gasteiger partial charge on any atom is -0.374 e. The molecule has 0 spiro atoms. The molecule has 1 nitrogen and oxygen atoms in total. The summed E-state index contributed by atoms with van der Waals surface area (Å²) in [4.78, 5) is -0.259. The van der Waals surface area contributed by atoms with Gasteiger partial charge in [-0.15, -0.1) is 11.6 Å². The van der Waals surface area contributed by atoms with Gasteiger partial charge in [0, 0.05) is 0 Å². The first kappa shape index (κ1) is 15.2. The number of hydrogen-bond donors (Lipinski definition) is 0. The quantitative estimate of drug-likeness (QED) is 0.584. The maximum atomic E-state index is 6.11. The van der Waals surface area contributed by atoms with E-state index in [1.807, 2.05) is 13.8 Å². The van der Waals surface area contributed by atoms with Crippen molar-refractivity contribution < 1.29 is 4.74 Å². The second-order valence-electron chi connectivity index (χ2n) is 5.87. The lowest BCUT2D eigenvalue weighted by molar-refractivity contribution is -0.0410. The third-order valence-electron chi connectivity index (χ3n) is 2.43. The van der Waals surface area contributed by atoms with Gasteiger partial charge in [0.1, 0.15) is 0 Å². The third-order valence-corrected chi connectivity index (χ3v) is 2.54. The summed E-state index contributed by atoms with van der Waals surface area (Å²) in [7, 11) is 0. The van der Waals surface area contributed by atoms with Crippen molar-refractivity contribution in [3.8, 4) is 0 Å². The van der Waals surface area contributed by atoms with Gasteiger partial charge in [-0.1, -0.05) is 26.7 Å². The molecule has 0 amide bonds. The first-order chi connectivity index (χ1) is 6.66. The number of rotatable bonds is 7. The molecule has 0 aliphatic carbocycles. The van der Waals surface area contributed by atoms with E-state index in [1.165, 1.54) is 12.8 Å². The highest BCUT2D eigenvalue weighted by molar-refractivity contribution is 6.23. The lowest BCUT2D eigenvalue weighted by Crippen LogP contribution is -2.32. The van der Waals surface area contributed by atoms with E-state index in [-0.39, 0.29) is 10.5 Å². The molecule has 0 aromatic heterocycles. The molecule has 1 unspecified atom stereocenters. The molecule has 0 saturated carbocycles. The second kappa shape index (κ2) is 6.10. The van der Waals surface area contributed by atoms with Gasteiger partial charge >= 0.3 is 0 Å². The van der Waals surface area contributed by atoms with Crippen LogP contribution in [0.5, 0.6) is 0 Å². The zero-order valence-corrected chi connectivity index (χ0v) is 11.9. The van der Waals surface area contributed by atoms with Gasteiger partial charge in [-0.3, -0.25) is 0 Å². The van der Waals surface area contributed by atoms with Crippen molar-refractivity contribution in [2.24, 2.45) is 5.92 Å². The van der Waals surface area contributed by atoms with Crippen LogP contribution in [0, 0.1) is 5.92 Å². The zero-order chi connectivity index (χ0) is 12.1. The van der Waals surface area contributed by atoms with E-state index >= 15 is 0 Å². The summed E-state index contributed by atoms with van der Waals surface area (Å²) in [6.07, 6.45) is 3.63. The summed E-state index contributed by atoms with van der Waals surface area (Å²) in [6.45, 7) is 13.4. The molecular weight excluding hydrogens is 208 g/mol. The van der Waals surface area contributed by atoms with Crippen LogP contribution in [0.15, 0.2) is 0 Å². The molecule has 15 heavy (non-hydrogen) atoms. The standard InChI is InChI=1S/C13H27ClO/c1-7-8-11(2)9-13(5,6)15-10-12(3,4)14/h11H,7-10H2,1-6H3. The highest BCUT2D eigenvalue weighted by Crippen LogP contribution is 2.25. The molecule has 0 saturated heterocycles. The first-order valence-corrected chi connectivity index (χ1v) is 6.37.